The molecule has 0 radical (unpaired) electrons. The van der Waals surface area contributed by atoms with Gasteiger partial charge >= 0.3 is 0 Å². The van der Waals surface area contributed by atoms with Crippen LogP contribution in [0.5, 0.6) is 0 Å². The summed E-state index contributed by atoms with van der Waals surface area (Å²) in [5.41, 5.74) is 0.960. The first-order chi connectivity index (χ1) is 11.8. The second-order valence-corrected chi connectivity index (χ2v) is 7.31. The van der Waals surface area contributed by atoms with Gasteiger partial charge in [-0.05, 0) is 30.7 Å². The first-order valence-corrected chi connectivity index (χ1v) is 9.46. The fraction of sp³-hybridized carbons (Fsp3) is 0.588. The van der Waals surface area contributed by atoms with E-state index in [0.29, 0.717) is 36.5 Å². The predicted octanol–water partition coefficient (Wildman–Crippen LogP) is 2.76. The molecule has 0 N–H and O–H groups in total. The Morgan fingerprint density at radius 3 is 3.00 bits per heavy atom. The summed E-state index contributed by atoms with van der Waals surface area (Å²) >= 11 is 1.60. The molecule has 1 aliphatic carbocycles. The highest BCUT2D eigenvalue weighted by Crippen LogP contribution is 2.29. The highest BCUT2D eigenvalue weighted by molar-refractivity contribution is 7.08. The fourth-order valence-corrected chi connectivity index (χ4v) is 3.70. The van der Waals surface area contributed by atoms with Crippen molar-refractivity contribution in [2.45, 2.75) is 38.1 Å². The molecule has 24 heavy (non-hydrogen) atoms. The van der Waals surface area contributed by atoms with Crippen LogP contribution in [-0.4, -0.2) is 46.7 Å². The van der Waals surface area contributed by atoms with Gasteiger partial charge in [0.2, 0.25) is 17.6 Å². The normalized spacial score (nSPS) is 20.4. The van der Waals surface area contributed by atoms with E-state index >= 15 is 0 Å². The van der Waals surface area contributed by atoms with Crippen LogP contribution < -0.4 is 0 Å². The zero-order chi connectivity index (χ0) is 16.4. The summed E-state index contributed by atoms with van der Waals surface area (Å²) in [4.78, 5) is 19.1. The molecule has 0 aromatic carbocycles. The summed E-state index contributed by atoms with van der Waals surface area (Å²) in [6.45, 7) is 2.43. The van der Waals surface area contributed by atoms with E-state index in [1.807, 2.05) is 16.8 Å². The Morgan fingerprint density at radius 2 is 2.29 bits per heavy atom. The van der Waals surface area contributed by atoms with Gasteiger partial charge in [0.25, 0.3) is 0 Å². The Labute approximate surface area is 144 Å². The third kappa shape index (κ3) is 3.67. The highest BCUT2D eigenvalue weighted by atomic mass is 32.1. The monoisotopic (exact) mass is 347 g/mol. The molecule has 1 amide bonds. The molecule has 7 heteroatoms. The summed E-state index contributed by atoms with van der Waals surface area (Å²) < 4.78 is 10.7. The van der Waals surface area contributed by atoms with Gasteiger partial charge in [-0.25, -0.2) is 0 Å². The molecule has 6 nitrogen and oxygen atoms in total. The van der Waals surface area contributed by atoms with Gasteiger partial charge in [0, 0.05) is 48.9 Å². The van der Waals surface area contributed by atoms with Gasteiger partial charge in [0.05, 0.1) is 6.61 Å². The van der Waals surface area contributed by atoms with Gasteiger partial charge in [0.1, 0.15) is 0 Å². The molecular formula is C17H21N3O3S. The van der Waals surface area contributed by atoms with Gasteiger partial charge < -0.3 is 14.2 Å². The van der Waals surface area contributed by atoms with Gasteiger partial charge in [-0.2, -0.15) is 16.3 Å². The van der Waals surface area contributed by atoms with Crippen LogP contribution >= 0.6 is 11.3 Å². The van der Waals surface area contributed by atoms with E-state index < -0.39 is 0 Å². The fourth-order valence-electron chi connectivity index (χ4n) is 3.07. The maximum atomic E-state index is 12.6. The van der Waals surface area contributed by atoms with E-state index in [2.05, 4.69) is 15.0 Å². The lowest BCUT2D eigenvalue weighted by molar-refractivity contribution is -0.132. The van der Waals surface area contributed by atoms with Crippen LogP contribution in [0.1, 0.15) is 31.6 Å². The van der Waals surface area contributed by atoms with E-state index in [9.17, 15) is 4.79 Å². The summed E-state index contributed by atoms with van der Waals surface area (Å²) in [7, 11) is 0. The number of hydrogen-bond acceptors (Lipinski definition) is 6. The minimum atomic E-state index is 0.194. The molecule has 4 rings (SSSR count). The summed E-state index contributed by atoms with van der Waals surface area (Å²) in [6.07, 6.45) is 4.24. The third-order valence-corrected chi connectivity index (χ3v) is 5.27. The summed E-state index contributed by atoms with van der Waals surface area (Å²) in [5, 5.41) is 7.96. The van der Waals surface area contributed by atoms with Gasteiger partial charge in [-0.1, -0.05) is 5.16 Å². The van der Waals surface area contributed by atoms with Crippen LogP contribution in [0.4, 0.5) is 0 Å². The molecule has 1 saturated heterocycles. The van der Waals surface area contributed by atoms with Gasteiger partial charge in [-0.15, -0.1) is 0 Å². The SMILES string of the molecule is O=C(CCc1nc(-c2ccsc2)no1)N(CC1CCOC1)C1CC1. The molecule has 1 atom stereocenters. The van der Waals surface area contributed by atoms with Crippen molar-refractivity contribution in [3.8, 4) is 11.4 Å². The maximum absolute atomic E-state index is 12.6. The molecule has 3 heterocycles. The molecule has 2 aromatic rings. The van der Waals surface area contributed by atoms with E-state index in [1.165, 1.54) is 0 Å². The molecule has 0 bridgehead atoms. The quantitative estimate of drug-likeness (QED) is 0.770. The average molecular weight is 347 g/mol. The van der Waals surface area contributed by atoms with Crippen molar-refractivity contribution >= 4 is 17.2 Å². The van der Waals surface area contributed by atoms with Crippen molar-refractivity contribution in [1.29, 1.82) is 0 Å². The molecule has 2 aliphatic rings. The second kappa shape index (κ2) is 7.03. The van der Waals surface area contributed by atoms with Crippen molar-refractivity contribution in [3.05, 3.63) is 22.7 Å². The molecule has 2 fully saturated rings. The lowest BCUT2D eigenvalue weighted by Gasteiger charge is -2.25. The smallest absolute Gasteiger partial charge is 0.227 e. The first kappa shape index (κ1) is 15.8. The number of thiophene rings is 1. The Bertz CT molecular complexity index is 675. The molecule has 2 aromatic heterocycles. The number of carbonyl (C=O) groups excluding carboxylic acids is 1. The number of aromatic nitrogens is 2. The predicted molar refractivity (Wildman–Crippen MR) is 89.6 cm³/mol. The van der Waals surface area contributed by atoms with Crippen LogP contribution in [-0.2, 0) is 16.0 Å². The lowest BCUT2D eigenvalue weighted by atomic mass is 10.1. The molecule has 1 unspecified atom stereocenters. The minimum absolute atomic E-state index is 0.194. The second-order valence-electron chi connectivity index (χ2n) is 6.53. The number of rotatable bonds is 7. The Hall–Kier alpha value is -1.73. The number of carbonyl (C=O) groups is 1. The average Bonchev–Trinajstić information content (AvgIpc) is 3.06. The molecule has 1 aliphatic heterocycles. The van der Waals surface area contributed by atoms with E-state index in [0.717, 1.165) is 44.6 Å². The number of amides is 1. The number of hydrogen-bond donors (Lipinski definition) is 0. The lowest BCUT2D eigenvalue weighted by Crippen LogP contribution is -2.37. The molecule has 0 spiro atoms. The first-order valence-electron chi connectivity index (χ1n) is 8.52. The zero-order valence-electron chi connectivity index (χ0n) is 13.5. The van der Waals surface area contributed by atoms with Gasteiger partial charge in [0.15, 0.2) is 0 Å². The Kier molecular flexibility index (Phi) is 4.62. The molecule has 1 saturated carbocycles. The van der Waals surface area contributed by atoms with Crippen molar-refractivity contribution < 1.29 is 14.1 Å². The third-order valence-electron chi connectivity index (χ3n) is 4.59. The topological polar surface area (TPSA) is 68.5 Å². The molecule has 128 valence electrons. The van der Waals surface area contributed by atoms with E-state index in [4.69, 9.17) is 9.26 Å². The van der Waals surface area contributed by atoms with Crippen LogP contribution in [0.3, 0.4) is 0 Å². The number of nitrogens with zero attached hydrogens (tertiary/aromatic N) is 3. The van der Waals surface area contributed by atoms with Crippen molar-refractivity contribution in [2.75, 3.05) is 19.8 Å². The summed E-state index contributed by atoms with van der Waals surface area (Å²) in [6, 6.07) is 2.39. The number of aryl methyl sites for hydroxylation is 1. The zero-order valence-corrected chi connectivity index (χ0v) is 14.3. The van der Waals surface area contributed by atoms with Crippen molar-refractivity contribution in [3.63, 3.8) is 0 Å². The van der Waals surface area contributed by atoms with Crippen molar-refractivity contribution in [2.24, 2.45) is 5.92 Å². The van der Waals surface area contributed by atoms with E-state index in [1.54, 1.807) is 11.3 Å². The van der Waals surface area contributed by atoms with Crippen LogP contribution in [0.15, 0.2) is 21.3 Å². The maximum Gasteiger partial charge on any atom is 0.227 e. The van der Waals surface area contributed by atoms with Crippen molar-refractivity contribution in [1.82, 2.24) is 15.0 Å². The van der Waals surface area contributed by atoms with Crippen LogP contribution in [0.25, 0.3) is 11.4 Å². The minimum Gasteiger partial charge on any atom is -0.381 e. The van der Waals surface area contributed by atoms with Gasteiger partial charge in [-0.3, -0.25) is 4.79 Å². The van der Waals surface area contributed by atoms with Crippen LogP contribution in [0, 0.1) is 5.92 Å². The number of ether oxygens (including phenoxy) is 1. The Balaban J connectivity index is 1.33. The Morgan fingerprint density at radius 1 is 1.38 bits per heavy atom. The van der Waals surface area contributed by atoms with E-state index in [-0.39, 0.29) is 5.91 Å². The molecular weight excluding hydrogens is 326 g/mol. The summed E-state index contributed by atoms with van der Waals surface area (Å²) in [5.74, 6) is 1.81. The van der Waals surface area contributed by atoms with Crippen LogP contribution in [0.2, 0.25) is 0 Å². The largest absolute Gasteiger partial charge is 0.381 e. The highest BCUT2D eigenvalue weighted by Gasteiger charge is 2.34. The standard InChI is InChI=1S/C17H21N3O3S/c21-16(20(14-1-2-14)9-12-5-7-22-10-12)4-3-15-18-17(19-23-15)13-6-8-24-11-13/h6,8,11-12,14H,1-5,7,9-10H2.